The van der Waals surface area contributed by atoms with Crippen LogP contribution < -0.4 is 5.73 Å². The van der Waals surface area contributed by atoms with Crippen LogP contribution in [0.1, 0.15) is 29.8 Å². The zero-order chi connectivity index (χ0) is 13.5. The molecule has 0 radical (unpaired) electrons. The fourth-order valence-corrected chi connectivity index (χ4v) is 2.23. The summed E-state index contributed by atoms with van der Waals surface area (Å²) < 4.78 is 0. The van der Waals surface area contributed by atoms with Gasteiger partial charge in [0.05, 0.1) is 5.41 Å². The predicted molar refractivity (Wildman–Crippen MR) is 68.8 cm³/mol. The Morgan fingerprint density at radius 3 is 2.56 bits per heavy atom. The van der Waals surface area contributed by atoms with Crippen molar-refractivity contribution in [2.24, 2.45) is 5.73 Å². The van der Waals surface area contributed by atoms with Crippen molar-refractivity contribution in [3.8, 4) is 0 Å². The summed E-state index contributed by atoms with van der Waals surface area (Å²) in [7, 11) is 0. The summed E-state index contributed by atoms with van der Waals surface area (Å²) in [5, 5.41) is 0. The van der Waals surface area contributed by atoms with Crippen molar-refractivity contribution in [2.75, 3.05) is 0 Å². The predicted octanol–water partition coefficient (Wildman–Crippen LogP) is 1.42. The van der Waals surface area contributed by atoms with Crippen molar-refractivity contribution in [1.82, 2.24) is 4.90 Å². The van der Waals surface area contributed by atoms with Gasteiger partial charge in [0.2, 0.25) is 5.91 Å². The van der Waals surface area contributed by atoms with Crippen LogP contribution in [0.4, 0.5) is 0 Å². The van der Waals surface area contributed by atoms with E-state index in [4.69, 9.17) is 5.73 Å². The molecule has 0 saturated heterocycles. The second kappa shape index (κ2) is 4.07. The average Bonchev–Trinajstić information content (AvgIpc) is 2.37. The SMILES string of the molecule is C=CC(N)N1C(=O)c2ccccc2C(C)(C)C1=O. The van der Waals surface area contributed by atoms with Crippen LogP contribution in [0.25, 0.3) is 0 Å². The van der Waals surface area contributed by atoms with Gasteiger partial charge in [0.15, 0.2) is 0 Å². The molecule has 0 aromatic heterocycles. The quantitative estimate of drug-likeness (QED) is 0.632. The lowest BCUT2D eigenvalue weighted by molar-refractivity contribution is -0.135. The van der Waals surface area contributed by atoms with E-state index in [1.54, 1.807) is 26.0 Å². The number of carbonyl (C=O) groups excluding carboxylic acids is 2. The molecule has 0 bridgehead atoms. The van der Waals surface area contributed by atoms with Gasteiger partial charge in [-0.15, -0.1) is 0 Å². The molecule has 4 heteroatoms. The molecule has 1 aromatic carbocycles. The topological polar surface area (TPSA) is 63.4 Å². The molecule has 0 fully saturated rings. The van der Waals surface area contributed by atoms with Gasteiger partial charge in [0, 0.05) is 5.56 Å². The summed E-state index contributed by atoms with van der Waals surface area (Å²) >= 11 is 0. The van der Waals surface area contributed by atoms with E-state index < -0.39 is 11.6 Å². The van der Waals surface area contributed by atoms with Gasteiger partial charge in [-0.3, -0.25) is 14.5 Å². The van der Waals surface area contributed by atoms with E-state index in [0.717, 1.165) is 10.5 Å². The largest absolute Gasteiger partial charge is 0.307 e. The first-order valence-electron chi connectivity index (χ1n) is 5.77. The van der Waals surface area contributed by atoms with Crippen LogP contribution >= 0.6 is 0 Å². The number of imide groups is 1. The van der Waals surface area contributed by atoms with Gasteiger partial charge >= 0.3 is 0 Å². The van der Waals surface area contributed by atoms with Gasteiger partial charge in [-0.25, -0.2) is 0 Å². The molecule has 1 atom stereocenters. The molecule has 0 aliphatic carbocycles. The Labute approximate surface area is 106 Å². The number of rotatable bonds is 2. The molecular weight excluding hydrogens is 228 g/mol. The van der Waals surface area contributed by atoms with Crippen LogP contribution in [0.2, 0.25) is 0 Å². The summed E-state index contributed by atoms with van der Waals surface area (Å²) in [6, 6.07) is 7.13. The van der Waals surface area contributed by atoms with Gasteiger partial charge in [-0.05, 0) is 25.5 Å². The fraction of sp³-hybridized carbons (Fsp3) is 0.286. The Morgan fingerprint density at radius 1 is 1.33 bits per heavy atom. The summed E-state index contributed by atoms with van der Waals surface area (Å²) in [6.07, 6.45) is 0.595. The third-order valence-corrected chi connectivity index (χ3v) is 3.34. The second-order valence-electron chi connectivity index (χ2n) is 4.88. The van der Waals surface area contributed by atoms with Gasteiger partial charge in [-0.2, -0.15) is 0 Å². The van der Waals surface area contributed by atoms with Crippen molar-refractivity contribution >= 4 is 11.8 Å². The minimum atomic E-state index is -0.794. The van der Waals surface area contributed by atoms with Gasteiger partial charge in [0.25, 0.3) is 5.91 Å². The molecule has 2 N–H and O–H groups in total. The van der Waals surface area contributed by atoms with Crippen LogP contribution in [-0.4, -0.2) is 22.9 Å². The highest BCUT2D eigenvalue weighted by atomic mass is 16.2. The Morgan fingerprint density at radius 2 is 1.94 bits per heavy atom. The molecule has 1 aromatic rings. The van der Waals surface area contributed by atoms with Crippen molar-refractivity contribution in [3.63, 3.8) is 0 Å². The molecule has 2 amide bonds. The zero-order valence-corrected chi connectivity index (χ0v) is 10.5. The van der Waals surface area contributed by atoms with E-state index in [1.807, 2.05) is 12.1 Å². The van der Waals surface area contributed by atoms with Crippen molar-refractivity contribution < 1.29 is 9.59 Å². The zero-order valence-electron chi connectivity index (χ0n) is 10.5. The lowest BCUT2D eigenvalue weighted by Gasteiger charge is -2.39. The van der Waals surface area contributed by atoms with Gasteiger partial charge in [0.1, 0.15) is 6.17 Å². The van der Waals surface area contributed by atoms with E-state index in [-0.39, 0.29) is 11.8 Å². The monoisotopic (exact) mass is 244 g/mol. The Kier molecular flexibility index (Phi) is 2.83. The van der Waals surface area contributed by atoms with E-state index in [2.05, 4.69) is 6.58 Å². The number of nitrogens with zero attached hydrogens (tertiary/aromatic N) is 1. The molecule has 0 saturated carbocycles. The van der Waals surface area contributed by atoms with Crippen molar-refractivity contribution in [2.45, 2.75) is 25.4 Å². The Balaban J connectivity index is 2.64. The molecule has 18 heavy (non-hydrogen) atoms. The molecule has 1 aliphatic heterocycles. The number of amides is 2. The summed E-state index contributed by atoms with van der Waals surface area (Å²) in [5.74, 6) is -0.652. The minimum Gasteiger partial charge on any atom is -0.307 e. The van der Waals surface area contributed by atoms with E-state index in [1.165, 1.54) is 6.08 Å². The van der Waals surface area contributed by atoms with Crippen molar-refractivity contribution in [3.05, 3.63) is 48.0 Å². The lowest BCUT2D eigenvalue weighted by Crippen LogP contribution is -2.57. The minimum absolute atomic E-state index is 0.293. The highest BCUT2D eigenvalue weighted by Crippen LogP contribution is 2.34. The fourth-order valence-electron chi connectivity index (χ4n) is 2.23. The second-order valence-corrected chi connectivity index (χ2v) is 4.88. The summed E-state index contributed by atoms with van der Waals surface area (Å²) in [5.41, 5.74) is 6.28. The summed E-state index contributed by atoms with van der Waals surface area (Å²) in [4.78, 5) is 25.8. The van der Waals surface area contributed by atoms with Crippen LogP contribution in [0.15, 0.2) is 36.9 Å². The van der Waals surface area contributed by atoms with E-state index >= 15 is 0 Å². The molecule has 1 unspecified atom stereocenters. The van der Waals surface area contributed by atoms with Crippen LogP contribution in [0.3, 0.4) is 0 Å². The smallest absolute Gasteiger partial charge is 0.262 e. The molecule has 0 spiro atoms. The number of hydrogen-bond acceptors (Lipinski definition) is 3. The highest BCUT2D eigenvalue weighted by molar-refractivity contribution is 6.13. The first-order valence-corrected chi connectivity index (χ1v) is 5.77. The first kappa shape index (κ1) is 12.5. The molecule has 4 nitrogen and oxygen atoms in total. The van der Waals surface area contributed by atoms with Crippen LogP contribution in [0, 0.1) is 0 Å². The van der Waals surface area contributed by atoms with Gasteiger partial charge in [-0.1, -0.05) is 30.9 Å². The molecule has 2 rings (SSSR count). The first-order chi connectivity index (χ1) is 8.41. The normalized spacial score (nSPS) is 19.4. The number of hydrogen-bond donors (Lipinski definition) is 1. The van der Waals surface area contributed by atoms with Crippen molar-refractivity contribution in [1.29, 1.82) is 0 Å². The number of benzene rings is 1. The number of fused-ring (bicyclic) bond motifs is 1. The highest BCUT2D eigenvalue weighted by Gasteiger charge is 2.45. The Hall–Kier alpha value is -1.94. The maximum absolute atomic E-state index is 12.4. The maximum Gasteiger partial charge on any atom is 0.262 e. The lowest BCUT2D eigenvalue weighted by atomic mass is 9.77. The molecule has 1 heterocycles. The van der Waals surface area contributed by atoms with Gasteiger partial charge < -0.3 is 5.73 Å². The van der Waals surface area contributed by atoms with Crippen LogP contribution in [-0.2, 0) is 10.2 Å². The number of nitrogens with two attached hydrogens (primary N) is 1. The number of carbonyl (C=O) groups is 2. The Bertz CT molecular complexity index is 534. The van der Waals surface area contributed by atoms with E-state index in [9.17, 15) is 9.59 Å². The third kappa shape index (κ3) is 1.57. The molecule has 1 aliphatic rings. The molecular formula is C14H16N2O2. The summed E-state index contributed by atoms with van der Waals surface area (Å²) in [6.45, 7) is 7.13. The van der Waals surface area contributed by atoms with E-state index in [0.29, 0.717) is 5.56 Å². The molecule has 94 valence electrons. The standard InChI is InChI=1S/C14H16N2O2/c1-4-11(15)16-12(17)9-7-5-6-8-10(9)14(2,3)13(16)18/h4-8,11H,1,15H2,2-3H3. The van der Waals surface area contributed by atoms with Crippen LogP contribution in [0.5, 0.6) is 0 Å². The third-order valence-electron chi connectivity index (χ3n) is 3.34. The average molecular weight is 244 g/mol. The maximum atomic E-state index is 12.4.